The maximum atomic E-state index is 13.0. The first-order chi connectivity index (χ1) is 17.1. The zero-order valence-corrected chi connectivity index (χ0v) is 19.2. The van der Waals surface area contributed by atoms with E-state index in [2.05, 4.69) is 10.2 Å². The molecular weight excluding hydrogens is 444 g/mol. The molecule has 2 aromatic carbocycles. The summed E-state index contributed by atoms with van der Waals surface area (Å²) in [7, 11) is 0. The fraction of sp³-hybridized carbons (Fsp3) is 0.185. The lowest BCUT2D eigenvalue weighted by Crippen LogP contribution is -2.31. The standard InChI is InChI=1S/C27H24N4O4/c1-19-9-11-21(12-10-19)23-14-24(25-8-5-13-34-25)31(29-23)26(32)18-35-27(33)22-15-28-30(17-22)16-20-6-3-2-4-7-20/h2-13,15,17,24H,14,16,18H2,1H3. The Morgan fingerprint density at radius 1 is 1.06 bits per heavy atom. The molecule has 5 rings (SSSR count). The average molecular weight is 469 g/mol. The van der Waals surface area contributed by atoms with Crippen LogP contribution in [0.2, 0.25) is 0 Å². The number of ether oxygens (including phenoxy) is 1. The lowest BCUT2D eigenvalue weighted by molar-refractivity contribution is -0.136. The monoisotopic (exact) mass is 468 g/mol. The summed E-state index contributed by atoms with van der Waals surface area (Å²) in [5.74, 6) is -0.426. The van der Waals surface area contributed by atoms with Gasteiger partial charge in [-0.1, -0.05) is 60.2 Å². The molecule has 1 unspecified atom stereocenters. The maximum Gasteiger partial charge on any atom is 0.341 e. The molecule has 0 bridgehead atoms. The van der Waals surface area contributed by atoms with Crippen LogP contribution in [-0.4, -0.2) is 39.0 Å². The van der Waals surface area contributed by atoms with Gasteiger partial charge in [0.1, 0.15) is 11.8 Å². The summed E-state index contributed by atoms with van der Waals surface area (Å²) in [6, 6.07) is 20.9. The first kappa shape index (κ1) is 22.3. The number of esters is 1. The van der Waals surface area contributed by atoms with E-state index in [9.17, 15) is 9.59 Å². The Labute approximate surface area is 202 Å². The van der Waals surface area contributed by atoms with Crippen LogP contribution in [0, 0.1) is 6.92 Å². The van der Waals surface area contributed by atoms with Crippen molar-refractivity contribution in [1.82, 2.24) is 14.8 Å². The Kier molecular flexibility index (Phi) is 6.26. The van der Waals surface area contributed by atoms with Crippen LogP contribution >= 0.6 is 0 Å². The normalized spacial score (nSPS) is 15.2. The maximum absolute atomic E-state index is 13.0. The van der Waals surface area contributed by atoms with Gasteiger partial charge >= 0.3 is 5.97 Å². The third-order valence-corrected chi connectivity index (χ3v) is 5.81. The predicted molar refractivity (Wildman–Crippen MR) is 129 cm³/mol. The van der Waals surface area contributed by atoms with Crippen molar-refractivity contribution in [2.75, 3.05) is 6.61 Å². The highest BCUT2D eigenvalue weighted by Crippen LogP contribution is 2.33. The average Bonchev–Trinajstić information content (AvgIpc) is 3.64. The molecule has 2 aromatic heterocycles. The van der Waals surface area contributed by atoms with Crippen LogP contribution in [-0.2, 0) is 16.1 Å². The van der Waals surface area contributed by atoms with Crippen molar-refractivity contribution in [3.63, 3.8) is 0 Å². The zero-order valence-electron chi connectivity index (χ0n) is 19.2. The van der Waals surface area contributed by atoms with E-state index in [4.69, 9.17) is 9.15 Å². The molecule has 8 heteroatoms. The summed E-state index contributed by atoms with van der Waals surface area (Å²) in [5.41, 5.74) is 4.19. The summed E-state index contributed by atoms with van der Waals surface area (Å²) < 4.78 is 12.5. The molecule has 3 heterocycles. The van der Waals surface area contributed by atoms with Gasteiger partial charge in [0.15, 0.2) is 6.61 Å². The van der Waals surface area contributed by atoms with Gasteiger partial charge in [-0.25, -0.2) is 9.80 Å². The molecule has 0 N–H and O–H groups in total. The van der Waals surface area contributed by atoms with Gasteiger partial charge in [-0.3, -0.25) is 9.48 Å². The Balaban J connectivity index is 1.26. The van der Waals surface area contributed by atoms with Gasteiger partial charge in [0, 0.05) is 12.6 Å². The molecule has 0 spiro atoms. The van der Waals surface area contributed by atoms with E-state index < -0.39 is 24.5 Å². The quantitative estimate of drug-likeness (QED) is 0.376. The van der Waals surface area contributed by atoms with Gasteiger partial charge in [0.2, 0.25) is 0 Å². The molecular formula is C27H24N4O4. The number of aryl methyl sites for hydroxylation is 1. The first-order valence-corrected chi connectivity index (χ1v) is 11.3. The number of hydrazone groups is 1. The second-order valence-corrected chi connectivity index (χ2v) is 8.37. The summed E-state index contributed by atoms with van der Waals surface area (Å²) in [4.78, 5) is 25.6. The molecule has 8 nitrogen and oxygen atoms in total. The van der Waals surface area contributed by atoms with Gasteiger partial charge in [0.05, 0.1) is 30.3 Å². The summed E-state index contributed by atoms with van der Waals surface area (Å²) in [6.45, 7) is 2.11. The van der Waals surface area contributed by atoms with Crippen LogP contribution in [0.15, 0.2) is 94.9 Å². The number of rotatable bonds is 7. The highest BCUT2D eigenvalue weighted by molar-refractivity contribution is 6.03. The lowest BCUT2D eigenvalue weighted by atomic mass is 10.0. The van der Waals surface area contributed by atoms with E-state index in [1.807, 2.05) is 67.6 Å². The van der Waals surface area contributed by atoms with Crippen LogP contribution in [0.3, 0.4) is 0 Å². The molecule has 1 aliphatic rings. The highest BCUT2D eigenvalue weighted by Gasteiger charge is 2.35. The molecule has 0 fully saturated rings. The fourth-order valence-electron chi connectivity index (χ4n) is 3.97. The van der Waals surface area contributed by atoms with Gasteiger partial charge in [0.25, 0.3) is 5.91 Å². The number of amides is 1. The molecule has 4 aromatic rings. The molecule has 0 saturated heterocycles. The van der Waals surface area contributed by atoms with Crippen LogP contribution < -0.4 is 0 Å². The van der Waals surface area contributed by atoms with Crippen LogP contribution in [0.1, 0.15) is 45.3 Å². The minimum Gasteiger partial charge on any atom is -0.467 e. The van der Waals surface area contributed by atoms with Gasteiger partial charge in [-0.05, 0) is 30.2 Å². The van der Waals surface area contributed by atoms with Gasteiger partial charge in [-0.15, -0.1) is 0 Å². The third-order valence-electron chi connectivity index (χ3n) is 5.81. The van der Waals surface area contributed by atoms with E-state index in [-0.39, 0.29) is 5.56 Å². The second kappa shape index (κ2) is 9.80. The van der Waals surface area contributed by atoms with E-state index in [0.717, 1.165) is 22.4 Å². The zero-order chi connectivity index (χ0) is 24.2. The topological polar surface area (TPSA) is 89.9 Å². The molecule has 0 saturated carbocycles. The predicted octanol–water partition coefficient (Wildman–Crippen LogP) is 4.37. The van der Waals surface area contributed by atoms with Gasteiger partial charge < -0.3 is 9.15 Å². The van der Waals surface area contributed by atoms with E-state index >= 15 is 0 Å². The summed E-state index contributed by atoms with van der Waals surface area (Å²) in [6.07, 6.45) is 5.11. The van der Waals surface area contributed by atoms with Crippen molar-refractivity contribution in [3.8, 4) is 0 Å². The number of hydrogen-bond donors (Lipinski definition) is 0. The van der Waals surface area contributed by atoms with Gasteiger partial charge in [-0.2, -0.15) is 10.2 Å². The van der Waals surface area contributed by atoms with Crippen molar-refractivity contribution >= 4 is 17.6 Å². The summed E-state index contributed by atoms with van der Waals surface area (Å²) >= 11 is 0. The highest BCUT2D eigenvalue weighted by atomic mass is 16.5. The third kappa shape index (κ3) is 5.06. The number of carbonyl (C=O) groups is 2. The first-order valence-electron chi connectivity index (χ1n) is 11.3. The number of nitrogens with zero attached hydrogens (tertiary/aromatic N) is 4. The lowest BCUT2D eigenvalue weighted by Gasteiger charge is -2.19. The Morgan fingerprint density at radius 2 is 1.86 bits per heavy atom. The molecule has 0 radical (unpaired) electrons. The van der Waals surface area contributed by atoms with Crippen molar-refractivity contribution in [3.05, 3.63) is 113 Å². The number of benzene rings is 2. The minimum atomic E-state index is -0.617. The molecule has 35 heavy (non-hydrogen) atoms. The SMILES string of the molecule is Cc1ccc(C2=NN(C(=O)COC(=O)c3cnn(Cc4ccccc4)c3)C(c3ccco3)C2)cc1. The fourth-order valence-corrected chi connectivity index (χ4v) is 3.97. The second-order valence-electron chi connectivity index (χ2n) is 8.37. The van der Waals surface area contributed by atoms with E-state index in [0.29, 0.717) is 18.7 Å². The Hall–Kier alpha value is -4.46. The molecule has 1 amide bonds. The molecule has 0 aliphatic carbocycles. The Bertz CT molecular complexity index is 1340. The molecule has 1 aliphatic heterocycles. The van der Waals surface area contributed by atoms with Crippen molar-refractivity contribution in [2.45, 2.75) is 25.9 Å². The Morgan fingerprint density at radius 3 is 2.60 bits per heavy atom. The smallest absolute Gasteiger partial charge is 0.341 e. The van der Waals surface area contributed by atoms with Crippen molar-refractivity contribution < 1.29 is 18.7 Å². The van der Waals surface area contributed by atoms with Crippen molar-refractivity contribution in [2.24, 2.45) is 5.10 Å². The van der Waals surface area contributed by atoms with Crippen LogP contribution in [0.5, 0.6) is 0 Å². The minimum absolute atomic E-state index is 0.279. The van der Waals surface area contributed by atoms with Crippen molar-refractivity contribution in [1.29, 1.82) is 0 Å². The molecule has 1 atom stereocenters. The van der Waals surface area contributed by atoms with Crippen LogP contribution in [0.4, 0.5) is 0 Å². The number of aromatic nitrogens is 2. The number of hydrogen-bond acceptors (Lipinski definition) is 6. The van der Waals surface area contributed by atoms with Crippen LogP contribution in [0.25, 0.3) is 0 Å². The van der Waals surface area contributed by atoms with E-state index in [1.54, 1.807) is 23.2 Å². The number of carbonyl (C=O) groups excluding carboxylic acids is 2. The number of furan rings is 1. The summed E-state index contributed by atoms with van der Waals surface area (Å²) in [5, 5.41) is 10.1. The molecule has 176 valence electrons. The largest absolute Gasteiger partial charge is 0.467 e. The van der Waals surface area contributed by atoms with E-state index in [1.165, 1.54) is 11.2 Å².